The smallest absolute Gasteiger partial charge is 0.247 e. The van der Waals surface area contributed by atoms with Crippen LogP contribution in [0.4, 0.5) is 5.69 Å². The SMILES string of the molecule is CCc1ccc([C@@H]2[C@H](N)C(=O)N2c2cccc(C)c2)cc1. The number of aryl methyl sites for hydroxylation is 2. The molecule has 21 heavy (non-hydrogen) atoms. The molecular formula is C18H20N2O. The maximum absolute atomic E-state index is 12.2. The minimum atomic E-state index is -0.446. The van der Waals surface area contributed by atoms with Crippen molar-refractivity contribution in [2.24, 2.45) is 5.73 Å². The molecule has 2 aromatic carbocycles. The standard InChI is InChI=1S/C18H20N2O/c1-3-13-7-9-14(10-8-13)17-16(19)18(21)20(17)15-6-4-5-12(2)11-15/h4-11,16-17H,3,19H2,1-2H3/t16-,17+/m0/s1. The molecule has 0 unspecified atom stereocenters. The van der Waals surface area contributed by atoms with E-state index in [0.717, 1.165) is 23.2 Å². The summed E-state index contributed by atoms with van der Waals surface area (Å²) >= 11 is 0. The van der Waals surface area contributed by atoms with Crippen molar-refractivity contribution in [1.82, 2.24) is 0 Å². The maximum Gasteiger partial charge on any atom is 0.247 e. The van der Waals surface area contributed by atoms with Gasteiger partial charge in [-0.2, -0.15) is 0 Å². The third-order valence-electron chi connectivity index (χ3n) is 4.15. The first-order valence-corrected chi connectivity index (χ1v) is 7.36. The summed E-state index contributed by atoms with van der Waals surface area (Å²) < 4.78 is 0. The molecule has 0 radical (unpaired) electrons. The summed E-state index contributed by atoms with van der Waals surface area (Å²) in [5.41, 5.74) is 10.5. The number of benzene rings is 2. The lowest BCUT2D eigenvalue weighted by Crippen LogP contribution is -2.63. The number of anilines is 1. The molecule has 3 heteroatoms. The van der Waals surface area contributed by atoms with Crippen LogP contribution in [0.2, 0.25) is 0 Å². The molecule has 1 amide bonds. The molecule has 3 nitrogen and oxygen atoms in total. The molecule has 1 saturated heterocycles. The van der Waals surface area contributed by atoms with Crippen LogP contribution < -0.4 is 10.6 Å². The van der Waals surface area contributed by atoms with E-state index in [1.165, 1.54) is 5.56 Å². The van der Waals surface area contributed by atoms with Crippen molar-refractivity contribution < 1.29 is 4.79 Å². The molecule has 0 aliphatic carbocycles. The van der Waals surface area contributed by atoms with E-state index >= 15 is 0 Å². The summed E-state index contributed by atoms with van der Waals surface area (Å²) in [5.74, 6) is -0.00910. The monoisotopic (exact) mass is 280 g/mol. The van der Waals surface area contributed by atoms with E-state index in [4.69, 9.17) is 5.73 Å². The normalized spacial score (nSPS) is 21.3. The number of amides is 1. The van der Waals surface area contributed by atoms with Crippen LogP contribution in [0.1, 0.15) is 29.7 Å². The van der Waals surface area contributed by atoms with Crippen LogP contribution >= 0.6 is 0 Å². The molecule has 3 rings (SSSR count). The van der Waals surface area contributed by atoms with E-state index < -0.39 is 6.04 Å². The van der Waals surface area contributed by atoms with Gasteiger partial charge in [-0.15, -0.1) is 0 Å². The van der Waals surface area contributed by atoms with Gasteiger partial charge in [0.25, 0.3) is 0 Å². The van der Waals surface area contributed by atoms with Gasteiger partial charge in [0.15, 0.2) is 0 Å². The zero-order valence-electron chi connectivity index (χ0n) is 12.4. The molecule has 0 aromatic heterocycles. The Morgan fingerprint density at radius 1 is 1.14 bits per heavy atom. The highest BCUT2D eigenvalue weighted by Crippen LogP contribution is 2.38. The van der Waals surface area contributed by atoms with Crippen molar-refractivity contribution >= 4 is 11.6 Å². The molecule has 1 heterocycles. The predicted octanol–water partition coefficient (Wildman–Crippen LogP) is 2.97. The summed E-state index contributed by atoms with van der Waals surface area (Å²) in [7, 11) is 0. The molecule has 1 fully saturated rings. The third-order valence-corrected chi connectivity index (χ3v) is 4.15. The largest absolute Gasteiger partial charge is 0.318 e. The Labute approximate surface area is 125 Å². The first kappa shape index (κ1) is 13.8. The van der Waals surface area contributed by atoms with E-state index in [9.17, 15) is 4.79 Å². The first-order chi connectivity index (χ1) is 10.1. The molecule has 1 aliphatic rings. The minimum Gasteiger partial charge on any atom is -0.318 e. The molecule has 2 atom stereocenters. The van der Waals surface area contributed by atoms with Crippen molar-refractivity contribution in [3.63, 3.8) is 0 Å². The van der Waals surface area contributed by atoms with Crippen molar-refractivity contribution in [3.8, 4) is 0 Å². The zero-order valence-corrected chi connectivity index (χ0v) is 12.4. The average Bonchev–Trinajstić information content (AvgIpc) is 2.51. The Kier molecular flexibility index (Phi) is 3.52. The van der Waals surface area contributed by atoms with E-state index in [2.05, 4.69) is 31.2 Å². The van der Waals surface area contributed by atoms with E-state index in [-0.39, 0.29) is 11.9 Å². The number of β-lactam (4-membered cyclic amide) rings is 1. The van der Waals surface area contributed by atoms with Gasteiger partial charge in [0.1, 0.15) is 6.04 Å². The van der Waals surface area contributed by atoms with Crippen LogP contribution in [0.25, 0.3) is 0 Å². The van der Waals surface area contributed by atoms with Crippen molar-refractivity contribution in [3.05, 3.63) is 65.2 Å². The quantitative estimate of drug-likeness (QED) is 0.879. The number of hydrogen-bond donors (Lipinski definition) is 1. The van der Waals surface area contributed by atoms with Gasteiger partial charge < -0.3 is 10.6 Å². The van der Waals surface area contributed by atoms with Gasteiger partial charge in [-0.25, -0.2) is 0 Å². The molecule has 1 aliphatic heterocycles. The summed E-state index contributed by atoms with van der Waals surface area (Å²) in [6, 6.07) is 15.9. The van der Waals surface area contributed by atoms with Gasteiger partial charge in [-0.1, -0.05) is 43.3 Å². The number of carbonyl (C=O) groups is 1. The molecule has 0 saturated carbocycles. The Bertz CT molecular complexity index is 663. The van der Waals surface area contributed by atoms with Crippen LogP contribution in [-0.4, -0.2) is 11.9 Å². The number of rotatable bonds is 3. The van der Waals surface area contributed by atoms with Crippen LogP contribution in [0.3, 0.4) is 0 Å². The fourth-order valence-electron chi connectivity index (χ4n) is 2.88. The van der Waals surface area contributed by atoms with Crippen LogP contribution in [-0.2, 0) is 11.2 Å². The number of nitrogens with two attached hydrogens (primary N) is 1. The second-order valence-electron chi connectivity index (χ2n) is 5.61. The van der Waals surface area contributed by atoms with Crippen molar-refractivity contribution in [2.75, 3.05) is 4.90 Å². The number of hydrogen-bond acceptors (Lipinski definition) is 2. The lowest BCUT2D eigenvalue weighted by molar-refractivity contribution is -0.126. The summed E-state index contributed by atoms with van der Waals surface area (Å²) in [5, 5.41) is 0. The second kappa shape index (κ2) is 5.34. The Balaban J connectivity index is 1.94. The molecule has 0 bridgehead atoms. The van der Waals surface area contributed by atoms with E-state index in [0.29, 0.717) is 0 Å². The predicted molar refractivity (Wildman–Crippen MR) is 85.2 cm³/mol. The topological polar surface area (TPSA) is 46.3 Å². The third kappa shape index (κ3) is 2.34. The van der Waals surface area contributed by atoms with E-state index in [1.54, 1.807) is 4.90 Å². The highest BCUT2D eigenvalue weighted by Gasteiger charge is 2.46. The van der Waals surface area contributed by atoms with Gasteiger partial charge in [-0.05, 0) is 42.2 Å². The van der Waals surface area contributed by atoms with Gasteiger partial charge in [-0.3, -0.25) is 4.79 Å². The molecule has 108 valence electrons. The lowest BCUT2D eigenvalue weighted by atomic mass is 9.87. The first-order valence-electron chi connectivity index (χ1n) is 7.36. The molecule has 2 N–H and O–H groups in total. The minimum absolute atomic E-state index is 0.00910. The Morgan fingerprint density at radius 2 is 1.86 bits per heavy atom. The fourth-order valence-corrected chi connectivity index (χ4v) is 2.88. The maximum atomic E-state index is 12.2. The highest BCUT2D eigenvalue weighted by molar-refractivity contribution is 6.05. The summed E-state index contributed by atoms with van der Waals surface area (Å²) in [4.78, 5) is 14.0. The van der Waals surface area contributed by atoms with Gasteiger partial charge in [0, 0.05) is 5.69 Å². The summed E-state index contributed by atoms with van der Waals surface area (Å²) in [6.07, 6.45) is 1.01. The van der Waals surface area contributed by atoms with Gasteiger partial charge in [0.2, 0.25) is 5.91 Å². The van der Waals surface area contributed by atoms with Crippen molar-refractivity contribution in [2.45, 2.75) is 32.4 Å². The molecular weight excluding hydrogens is 260 g/mol. The summed E-state index contributed by atoms with van der Waals surface area (Å²) in [6.45, 7) is 4.16. The van der Waals surface area contributed by atoms with Crippen LogP contribution in [0.5, 0.6) is 0 Å². The highest BCUT2D eigenvalue weighted by atomic mass is 16.2. The fraction of sp³-hybridized carbons (Fsp3) is 0.278. The van der Waals surface area contributed by atoms with Crippen LogP contribution in [0, 0.1) is 6.92 Å². The number of carbonyl (C=O) groups excluding carboxylic acids is 1. The van der Waals surface area contributed by atoms with Gasteiger partial charge in [0.05, 0.1) is 6.04 Å². The Morgan fingerprint density at radius 3 is 2.48 bits per heavy atom. The molecule has 0 spiro atoms. The molecule has 2 aromatic rings. The second-order valence-corrected chi connectivity index (χ2v) is 5.61. The zero-order chi connectivity index (χ0) is 15.0. The van der Waals surface area contributed by atoms with Gasteiger partial charge >= 0.3 is 0 Å². The van der Waals surface area contributed by atoms with Crippen LogP contribution in [0.15, 0.2) is 48.5 Å². The lowest BCUT2D eigenvalue weighted by Gasteiger charge is -2.45. The van der Waals surface area contributed by atoms with Crippen molar-refractivity contribution in [1.29, 1.82) is 0 Å². The Hall–Kier alpha value is -2.13. The van der Waals surface area contributed by atoms with E-state index in [1.807, 2.05) is 31.2 Å². The average molecular weight is 280 g/mol. The number of nitrogens with zero attached hydrogens (tertiary/aromatic N) is 1.